The molecule has 3 aliphatic rings. The van der Waals surface area contributed by atoms with Crippen LogP contribution < -0.4 is 14.5 Å². The van der Waals surface area contributed by atoms with Gasteiger partial charge in [-0.1, -0.05) is 0 Å². The number of hydrogen-bond acceptors (Lipinski definition) is 4. The average Bonchev–Trinajstić information content (AvgIpc) is 3.33. The van der Waals surface area contributed by atoms with E-state index >= 15 is 0 Å². The van der Waals surface area contributed by atoms with Gasteiger partial charge in [-0.3, -0.25) is 14.3 Å². The van der Waals surface area contributed by atoms with Gasteiger partial charge in [0.2, 0.25) is 11.8 Å². The molecule has 8 heteroatoms. The van der Waals surface area contributed by atoms with Crippen LogP contribution in [0.15, 0.2) is 41.3 Å². The van der Waals surface area contributed by atoms with Crippen molar-refractivity contribution in [2.24, 2.45) is 5.92 Å². The quantitative estimate of drug-likeness (QED) is 0.816. The minimum atomic E-state index is -3.76. The molecule has 7 nitrogen and oxygen atoms in total. The first-order valence-electron chi connectivity index (χ1n) is 10.2. The highest BCUT2D eigenvalue weighted by atomic mass is 32.2. The summed E-state index contributed by atoms with van der Waals surface area (Å²) in [4.78, 5) is 27.8. The number of carbonyl (C=O) groups excluding carboxylic acids is 2. The van der Waals surface area contributed by atoms with Crippen molar-refractivity contribution in [3.63, 3.8) is 0 Å². The molecular weight excluding hydrogens is 402 g/mol. The van der Waals surface area contributed by atoms with Crippen LogP contribution in [0.5, 0.6) is 0 Å². The van der Waals surface area contributed by atoms with E-state index in [-0.39, 0.29) is 22.6 Å². The standard InChI is InChI=1S/C22H23N3O4S/c1-14(26)24-10-8-17-13-19(5-7-20(17)24)30(28,29)23-18-4-6-21-16(12-18)9-11-25(21)22(27)15-2-3-15/h4-7,12-13,15,23H,2-3,8-11H2,1H3. The highest BCUT2D eigenvalue weighted by Crippen LogP contribution is 2.37. The molecule has 1 N–H and O–H groups in total. The Morgan fingerprint density at radius 1 is 0.933 bits per heavy atom. The van der Waals surface area contributed by atoms with E-state index in [1.165, 1.54) is 13.0 Å². The number of hydrogen-bond donors (Lipinski definition) is 1. The van der Waals surface area contributed by atoms with E-state index in [4.69, 9.17) is 0 Å². The normalized spacial score (nSPS) is 17.6. The fraction of sp³-hybridized carbons (Fsp3) is 0.364. The topological polar surface area (TPSA) is 86.8 Å². The predicted molar refractivity (Wildman–Crippen MR) is 114 cm³/mol. The molecule has 0 spiro atoms. The summed E-state index contributed by atoms with van der Waals surface area (Å²) in [5.74, 6) is 0.294. The zero-order chi connectivity index (χ0) is 21.0. The molecule has 156 valence electrons. The lowest BCUT2D eigenvalue weighted by molar-refractivity contribution is -0.119. The number of amides is 2. The van der Waals surface area contributed by atoms with E-state index in [0.29, 0.717) is 25.2 Å². The Hall–Kier alpha value is -2.87. The number of nitrogens with one attached hydrogen (secondary N) is 1. The van der Waals surface area contributed by atoms with E-state index in [2.05, 4.69) is 4.72 Å². The van der Waals surface area contributed by atoms with Gasteiger partial charge in [0.05, 0.1) is 4.90 Å². The molecule has 2 amide bonds. The van der Waals surface area contributed by atoms with Crippen molar-refractivity contribution >= 4 is 38.9 Å². The maximum Gasteiger partial charge on any atom is 0.261 e. The van der Waals surface area contributed by atoms with Crippen molar-refractivity contribution in [2.45, 2.75) is 37.5 Å². The SMILES string of the molecule is CC(=O)N1CCc2cc(S(=O)(=O)Nc3ccc4c(c3)CCN4C(=O)C3CC3)ccc21. The maximum absolute atomic E-state index is 12.9. The van der Waals surface area contributed by atoms with Crippen LogP contribution in [-0.4, -0.2) is 33.3 Å². The van der Waals surface area contributed by atoms with E-state index in [9.17, 15) is 18.0 Å². The van der Waals surface area contributed by atoms with Gasteiger partial charge in [-0.2, -0.15) is 0 Å². The van der Waals surface area contributed by atoms with Crippen molar-refractivity contribution in [1.82, 2.24) is 0 Å². The first-order chi connectivity index (χ1) is 14.3. The van der Waals surface area contributed by atoms with Crippen LogP contribution >= 0.6 is 0 Å². The van der Waals surface area contributed by atoms with Gasteiger partial charge < -0.3 is 9.80 Å². The van der Waals surface area contributed by atoms with Crippen molar-refractivity contribution in [3.05, 3.63) is 47.5 Å². The molecule has 1 aliphatic carbocycles. The third-order valence-electron chi connectivity index (χ3n) is 6.06. The predicted octanol–water partition coefficient (Wildman–Crippen LogP) is 2.70. The molecule has 2 aromatic carbocycles. The molecule has 0 bridgehead atoms. The first kappa shape index (κ1) is 19.1. The Morgan fingerprint density at radius 2 is 1.57 bits per heavy atom. The van der Waals surface area contributed by atoms with Crippen LogP contribution in [-0.2, 0) is 32.5 Å². The monoisotopic (exact) mass is 425 g/mol. The smallest absolute Gasteiger partial charge is 0.261 e. The van der Waals surface area contributed by atoms with E-state index < -0.39 is 10.0 Å². The van der Waals surface area contributed by atoms with Crippen LogP contribution in [0.25, 0.3) is 0 Å². The summed E-state index contributed by atoms with van der Waals surface area (Å²) in [6, 6.07) is 10.2. The molecule has 1 saturated carbocycles. The fourth-order valence-corrected chi connectivity index (χ4v) is 5.43. The molecule has 2 aliphatic heterocycles. The lowest BCUT2D eigenvalue weighted by atomic mass is 10.1. The maximum atomic E-state index is 12.9. The van der Waals surface area contributed by atoms with Gasteiger partial charge >= 0.3 is 0 Å². The summed E-state index contributed by atoms with van der Waals surface area (Å²) in [5.41, 5.74) is 3.99. The van der Waals surface area contributed by atoms with Gasteiger partial charge in [-0.25, -0.2) is 8.42 Å². The van der Waals surface area contributed by atoms with Gasteiger partial charge in [-0.05, 0) is 73.2 Å². The summed E-state index contributed by atoms with van der Waals surface area (Å²) in [5, 5.41) is 0. The fourth-order valence-electron chi connectivity index (χ4n) is 4.33. The van der Waals surface area contributed by atoms with E-state index in [1.807, 2.05) is 17.0 Å². The van der Waals surface area contributed by atoms with Crippen molar-refractivity contribution < 1.29 is 18.0 Å². The lowest BCUT2D eigenvalue weighted by Crippen LogP contribution is -2.30. The number of carbonyl (C=O) groups is 2. The molecule has 2 aromatic rings. The number of nitrogens with zero attached hydrogens (tertiary/aromatic N) is 2. The molecule has 0 unspecified atom stereocenters. The summed E-state index contributed by atoms with van der Waals surface area (Å²) >= 11 is 0. The largest absolute Gasteiger partial charge is 0.312 e. The highest BCUT2D eigenvalue weighted by molar-refractivity contribution is 7.92. The zero-order valence-electron chi connectivity index (χ0n) is 16.7. The second kappa shape index (κ2) is 6.84. The molecule has 30 heavy (non-hydrogen) atoms. The summed E-state index contributed by atoms with van der Waals surface area (Å²) in [6.45, 7) is 2.73. The minimum Gasteiger partial charge on any atom is -0.312 e. The second-order valence-electron chi connectivity index (χ2n) is 8.17. The molecule has 2 heterocycles. The number of sulfonamides is 1. The van der Waals surface area contributed by atoms with Crippen molar-refractivity contribution in [1.29, 1.82) is 0 Å². The Labute approximate surface area is 175 Å². The highest BCUT2D eigenvalue weighted by Gasteiger charge is 2.36. The van der Waals surface area contributed by atoms with Gasteiger partial charge in [0, 0.05) is 43.0 Å². The Morgan fingerprint density at radius 3 is 2.27 bits per heavy atom. The Kier molecular flexibility index (Phi) is 4.36. The molecule has 1 fully saturated rings. The summed E-state index contributed by atoms with van der Waals surface area (Å²) in [6.07, 6.45) is 3.30. The van der Waals surface area contributed by atoms with Gasteiger partial charge in [0.1, 0.15) is 0 Å². The van der Waals surface area contributed by atoms with Crippen LogP contribution in [0.4, 0.5) is 17.1 Å². The summed E-state index contributed by atoms with van der Waals surface area (Å²) < 4.78 is 28.5. The van der Waals surface area contributed by atoms with Crippen molar-refractivity contribution in [3.8, 4) is 0 Å². The van der Waals surface area contributed by atoms with Crippen LogP contribution in [0.1, 0.15) is 30.9 Å². The molecule has 0 aromatic heterocycles. The minimum absolute atomic E-state index is 0.0464. The lowest BCUT2D eigenvalue weighted by Gasteiger charge is -2.17. The molecule has 0 atom stereocenters. The third-order valence-corrected chi connectivity index (χ3v) is 7.44. The molecule has 5 rings (SSSR count). The number of anilines is 3. The second-order valence-corrected chi connectivity index (χ2v) is 9.86. The third kappa shape index (κ3) is 3.25. The van der Waals surface area contributed by atoms with Gasteiger partial charge in [0.25, 0.3) is 10.0 Å². The Bertz CT molecular complexity index is 1170. The van der Waals surface area contributed by atoms with Gasteiger partial charge in [0.15, 0.2) is 0 Å². The van der Waals surface area contributed by atoms with Crippen LogP contribution in [0.2, 0.25) is 0 Å². The Balaban J connectivity index is 1.37. The molecule has 0 radical (unpaired) electrons. The summed E-state index contributed by atoms with van der Waals surface area (Å²) in [7, 11) is -3.76. The van der Waals surface area contributed by atoms with E-state index in [1.54, 1.807) is 23.1 Å². The zero-order valence-corrected chi connectivity index (χ0v) is 17.5. The van der Waals surface area contributed by atoms with Crippen LogP contribution in [0.3, 0.4) is 0 Å². The average molecular weight is 426 g/mol. The number of fused-ring (bicyclic) bond motifs is 2. The molecule has 0 saturated heterocycles. The van der Waals surface area contributed by atoms with Crippen molar-refractivity contribution in [2.75, 3.05) is 27.6 Å². The number of rotatable bonds is 4. The van der Waals surface area contributed by atoms with Crippen LogP contribution in [0, 0.1) is 5.92 Å². The number of benzene rings is 2. The molecular formula is C22H23N3O4S. The van der Waals surface area contributed by atoms with Gasteiger partial charge in [-0.15, -0.1) is 0 Å². The van der Waals surface area contributed by atoms with E-state index in [0.717, 1.165) is 41.8 Å². The first-order valence-corrected chi connectivity index (χ1v) is 11.7.